The van der Waals surface area contributed by atoms with Gasteiger partial charge < -0.3 is 9.74 Å². The molecule has 0 saturated carbocycles. The topological polar surface area (TPSA) is 41.9 Å². The Hall–Kier alpha value is -3.68. The summed E-state index contributed by atoms with van der Waals surface area (Å²) in [7, 11) is 0. The maximum Gasteiger partial charge on any atom is 0.416 e. The zero-order valence-corrected chi connectivity index (χ0v) is 17.4. The quantitative estimate of drug-likeness (QED) is 0.448. The predicted octanol–water partition coefficient (Wildman–Crippen LogP) is 5.68. The minimum atomic E-state index is -4.50. The van der Waals surface area contributed by atoms with Crippen molar-refractivity contribution in [3.63, 3.8) is 0 Å². The van der Waals surface area contributed by atoms with Gasteiger partial charge in [0.25, 0.3) is 5.91 Å². The van der Waals surface area contributed by atoms with Crippen LogP contribution in [0.4, 0.5) is 17.6 Å². The SMILES string of the molecule is O=C(c1cccc(F)c1)N(Cc1cccc(C(F)(F)F)c1)CC1CC(c2ccccc2)=NO1. The molecular weight excluding hydrogens is 436 g/mol. The molecule has 0 spiro atoms. The van der Waals surface area contributed by atoms with Crippen LogP contribution in [0.15, 0.2) is 84.0 Å². The molecule has 4 rings (SSSR count). The first-order valence-electron chi connectivity index (χ1n) is 10.3. The van der Waals surface area contributed by atoms with Crippen LogP contribution in [0.25, 0.3) is 0 Å². The second kappa shape index (κ2) is 9.44. The standard InChI is InChI=1S/C25H20F4N2O2/c26-21-11-5-9-19(13-21)24(32)31(15-17-6-4-10-20(12-17)25(27,28)29)16-22-14-23(30-33-22)18-7-2-1-3-8-18/h1-13,22H,14-16H2. The van der Waals surface area contributed by atoms with E-state index in [0.717, 1.165) is 29.5 Å². The van der Waals surface area contributed by atoms with Gasteiger partial charge >= 0.3 is 6.18 Å². The molecule has 0 N–H and O–H groups in total. The smallest absolute Gasteiger partial charge is 0.390 e. The van der Waals surface area contributed by atoms with Crippen molar-refractivity contribution in [2.45, 2.75) is 25.2 Å². The highest BCUT2D eigenvalue weighted by molar-refractivity contribution is 6.01. The zero-order chi connectivity index (χ0) is 23.4. The summed E-state index contributed by atoms with van der Waals surface area (Å²) >= 11 is 0. The third kappa shape index (κ3) is 5.58. The molecule has 1 aliphatic rings. The molecular formula is C25H20F4N2O2. The van der Waals surface area contributed by atoms with E-state index in [9.17, 15) is 22.4 Å². The molecule has 8 heteroatoms. The fraction of sp³-hybridized carbons (Fsp3) is 0.200. The minimum Gasteiger partial charge on any atom is -0.390 e. The summed E-state index contributed by atoms with van der Waals surface area (Å²) < 4.78 is 53.2. The Balaban J connectivity index is 1.55. The van der Waals surface area contributed by atoms with E-state index in [1.807, 2.05) is 30.3 Å². The predicted molar refractivity (Wildman–Crippen MR) is 115 cm³/mol. The van der Waals surface area contributed by atoms with Crippen molar-refractivity contribution in [2.75, 3.05) is 6.54 Å². The van der Waals surface area contributed by atoms with Crippen molar-refractivity contribution in [1.82, 2.24) is 4.90 Å². The average molecular weight is 456 g/mol. The van der Waals surface area contributed by atoms with Crippen LogP contribution in [-0.2, 0) is 17.6 Å². The highest BCUT2D eigenvalue weighted by Gasteiger charge is 2.31. The van der Waals surface area contributed by atoms with Crippen LogP contribution < -0.4 is 0 Å². The highest BCUT2D eigenvalue weighted by atomic mass is 19.4. The molecule has 3 aromatic carbocycles. The number of oxime groups is 1. The summed E-state index contributed by atoms with van der Waals surface area (Å²) in [6.45, 7) is -0.0226. The van der Waals surface area contributed by atoms with Gasteiger partial charge in [0.2, 0.25) is 0 Å². The van der Waals surface area contributed by atoms with E-state index in [0.29, 0.717) is 12.0 Å². The van der Waals surface area contributed by atoms with Gasteiger partial charge in [0, 0.05) is 18.5 Å². The number of carbonyl (C=O) groups excluding carboxylic acids is 1. The highest BCUT2D eigenvalue weighted by Crippen LogP contribution is 2.30. The van der Waals surface area contributed by atoms with Crippen molar-refractivity contribution in [1.29, 1.82) is 0 Å². The van der Waals surface area contributed by atoms with Gasteiger partial charge in [0.1, 0.15) is 5.82 Å². The first-order chi connectivity index (χ1) is 15.8. The number of hydrogen-bond donors (Lipinski definition) is 0. The summed E-state index contributed by atoms with van der Waals surface area (Å²) in [5, 5.41) is 4.11. The normalized spacial score (nSPS) is 15.6. The van der Waals surface area contributed by atoms with Crippen LogP contribution in [0.2, 0.25) is 0 Å². The molecule has 0 aliphatic carbocycles. The Morgan fingerprint density at radius 2 is 1.76 bits per heavy atom. The molecule has 0 fully saturated rings. The zero-order valence-electron chi connectivity index (χ0n) is 17.4. The third-order valence-electron chi connectivity index (χ3n) is 5.25. The van der Waals surface area contributed by atoms with E-state index in [2.05, 4.69) is 5.16 Å². The lowest BCUT2D eigenvalue weighted by Crippen LogP contribution is -2.37. The maximum atomic E-state index is 13.7. The fourth-order valence-electron chi connectivity index (χ4n) is 3.66. The van der Waals surface area contributed by atoms with Crippen molar-refractivity contribution >= 4 is 11.6 Å². The summed E-state index contributed by atoms with van der Waals surface area (Å²) in [6.07, 6.45) is -4.55. The van der Waals surface area contributed by atoms with E-state index >= 15 is 0 Å². The third-order valence-corrected chi connectivity index (χ3v) is 5.25. The number of halogens is 4. The fourth-order valence-corrected chi connectivity index (χ4v) is 3.66. The number of rotatable bonds is 6. The summed E-state index contributed by atoms with van der Waals surface area (Å²) in [5.74, 6) is -1.09. The number of amides is 1. The van der Waals surface area contributed by atoms with Gasteiger partial charge in [0.05, 0.1) is 17.8 Å². The van der Waals surface area contributed by atoms with Crippen LogP contribution in [0, 0.1) is 5.82 Å². The Morgan fingerprint density at radius 1 is 1.00 bits per heavy atom. The van der Waals surface area contributed by atoms with Crippen LogP contribution in [-0.4, -0.2) is 29.2 Å². The van der Waals surface area contributed by atoms with Gasteiger partial charge in [-0.25, -0.2) is 4.39 Å². The van der Waals surface area contributed by atoms with Crippen LogP contribution in [0.1, 0.15) is 33.5 Å². The van der Waals surface area contributed by atoms with Gasteiger partial charge in [-0.3, -0.25) is 4.79 Å². The molecule has 4 nitrogen and oxygen atoms in total. The van der Waals surface area contributed by atoms with Crippen LogP contribution in [0.3, 0.4) is 0 Å². The Kier molecular flexibility index (Phi) is 6.44. The Labute approximate surface area is 188 Å². The van der Waals surface area contributed by atoms with Gasteiger partial charge in [-0.15, -0.1) is 0 Å². The monoisotopic (exact) mass is 456 g/mol. The summed E-state index contributed by atoms with van der Waals surface area (Å²) in [4.78, 5) is 20.0. The second-order valence-corrected chi connectivity index (χ2v) is 7.73. The lowest BCUT2D eigenvalue weighted by atomic mass is 10.0. The molecule has 0 bridgehead atoms. The van der Waals surface area contributed by atoms with Crippen molar-refractivity contribution in [2.24, 2.45) is 5.16 Å². The van der Waals surface area contributed by atoms with Gasteiger partial charge in [-0.1, -0.05) is 53.7 Å². The van der Waals surface area contributed by atoms with Crippen molar-refractivity contribution in [3.8, 4) is 0 Å². The molecule has 33 heavy (non-hydrogen) atoms. The molecule has 3 aromatic rings. The molecule has 1 heterocycles. The number of carbonyl (C=O) groups is 1. The number of alkyl halides is 3. The average Bonchev–Trinajstić information content (AvgIpc) is 3.27. The van der Waals surface area contributed by atoms with E-state index < -0.39 is 29.6 Å². The van der Waals surface area contributed by atoms with E-state index in [4.69, 9.17) is 4.84 Å². The van der Waals surface area contributed by atoms with Gasteiger partial charge in [-0.2, -0.15) is 13.2 Å². The summed E-state index contributed by atoms with van der Waals surface area (Å²) in [6, 6.07) is 19.4. The molecule has 170 valence electrons. The van der Waals surface area contributed by atoms with Crippen LogP contribution in [0.5, 0.6) is 0 Å². The Bertz CT molecular complexity index is 1160. The van der Waals surface area contributed by atoms with Gasteiger partial charge in [0.15, 0.2) is 6.10 Å². The van der Waals surface area contributed by atoms with Crippen molar-refractivity contribution < 1.29 is 27.2 Å². The Morgan fingerprint density at radius 3 is 2.48 bits per heavy atom. The lowest BCUT2D eigenvalue weighted by molar-refractivity contribution is -0.137. The first-order valence-corrected chi connectivity index (χ1v) is 10.3. The van der Waals surface area contributed by atoms with Crippen molar-refractivity contribution in [3.05, 3.63) is 107 Å². The molecule has 1 aliphatic heterocycles. The molecule has 0 saturated heterocycles. The molecule has 0 aromatic heterocycles. The molecule has 1 atom stereocenters. The summed E-state index contributed by atoms with van der Waals surface area (Å²) in [5.41, 5.74) is 1.21. The number of benzene rings is 3. The minimum absolute atomic E-state index is 0.0748. The van der Waals surface area contributed by atoms with E-state index in [1.165, 1.54) is 35.2 Å². The van der Waals surface area contributed by atoms with Gasteiger partial charge in [-0.05, 0) is 41.5 Å². The molecule has 0 radical (unpaired) electrons. The molecule has 1 unspecified atom stereocenters. The lowest BCUT2D eigenvalue weighted by Gasteiger charge is -2.25. The number of nitrogens with zero attached hydrogens (tertiary/aromatic N) is 2. The second-order valence-electron chi connectivity index (χ2n) is 7.73. The maximum absolute atomic E-state index is 13.7. The van der Waals surface area contributed by atoms with Crippen LogP contribution >= 0.6 is 0 Å². The first kappa shape index (κ1) is 22.5. The van der Waals surface area contributed by atoms with E-state index in [-0.39, 0.29) is 18.7 Å². The van der Waals surface area contributed by atoms with E-state index in [1.54, 1.807) is 0 Å². The number of hydrogen-bond acceptors (Lipinski definition) is 3. The molecule has 1 amide bonds. The largest absolute Gasteiger partial charge is 0.416 e.